The zero-order chi connectivity index (χ0) is 20.8. The van der Waals surface area contributed by atoms with Crippen molar-refractivity contribution in [3.63, 3.8) is 0 Å². The van der Waals surface area contributed by atoms with Gasteiger partial charge in [0.1, 0.15) is 5.75 Å². The molecule has 1 aliphatic heterocycles. The van der Waals surface area contributed by atoms with E-state index < -0.39 is 0 Å². The van der Waals surface area contributed by atoms with E-state index >= 15 is 0 Å². The Hall–Kier alpha value is -2.86. The fraction of sp³-hybridized carbons (Fsp3) is 0.391. The molecule has 1 unspecified atom stereocenters. The first-order valence-electron chi connectivity index (χ1n) is 9.98. The van der Waals surface area contributed by atoms with Gasteiger partial charge in [-0.3, -0.25) is 9.59 Å². The van der Waals surface area contributed by atoms with E-state index in [1.807, 2.05) is 69.6 Å². The first-order chi connectivity index (χ1) is 13.9. The fourth-order valence-electron chi connectivity index (χ4n) is 3.31. The van der Waals surface area contributed by atoms with Crippen LogP contribution in [0.25, 0.3) is 0 Å². The van der Waals surface area contributed by atoms with Crippen molar-refractivity contribution in [3.05, 3.63) is 54.1 Å². The van der Waals surface area contributed by atoms with Crippen molar-refractivity contribution in [3.8, 4) is 5.75 Å². The van der Waals surface area contributed by atoms with E-state index in [0.29, 0.717) is 18.8 Å². The second kappa shape index (κ2) is 9.56. The van der Waals surface area contributed by atoms with Crippen LogP contribution in [0.3, 0.4) is 0 Å². The molecule has 2 amide bonds. The van der Waals surface area contributed by atoms with Crippen LogP contribution >= 0.6 is 0 Å². The molecule has 2 aromatic rings. The molecule has 3 rings (SSSR count). The third-order valence-corrected chi connectivity index (χ3v) is 4.98. The lowest BCUT2D eigenvalue weighted by Crippen LogP contribution is -2.28. The van der Waals surface area contributed by atoms with E-state index in [9.17, 15) is 9.59 Å². The van der Waals surface area contributed by atoms with Gasteiger partial charge >= 0.3 is 0 Å². The summed E-state index contributed by atoms with van der Waals surface area (Å²) in [5.41, 5.74) is 2.68. The monoisotopic (exact) mass is 395 g/mol. The van der Waals surface area contributed by atoms with Crippen molar-refractivity contribution in [2.45, 2.75) is 19.8 Å². The Morgan fingerprint density at radius 2 is 1.83 bits per heavy atom. The first-order valence-corrected chi connectivity index (χ1v) is 9.98. The third kappa shape index (κ3) is 5.81. The van der Waals surface area contributed by atoms with Crippen molar-refractivity contribution in [1.29, 1.82) is 0 Å². The van der Waals surface area contributed by atoms with Crippen molar-refractivity contribution in [1.82, 2.24) is 4.90 Å². The smallest absolute Gasteiger partial charge is 0.229 e. The Morgan fingerprint density at radius 1 is 1.14 bits per heavy atom. The van der Waals surface area contributed by atoms with Gasteiger partial charge in [0.15, 0.2) is 0 Å². The lowest BCUT2D eigenvalue weighted by Gasteiger charge is -2.17. The molecular formula is C23H29N3O3. The molecule has 1 saturated heterocycles. The van der Waals surface area contributed by atoms with Crippen LogP contribution in [0, 0.1) is 12.8 Å². The summed E-state index contributed by atoms with van der Waals surface area (Å²) in [6, 6.07) is 15.1. The van der Waals surface area contributed by atoms with Gasteiger partial charge in [0.05, 0.1) is 12.5 Å². The van der Waals surface area contributed by atoms with Gasteiger partial charge in [-0.15, -0.1) is 0 Å². The topological polar surface area (TPSA) is 61.9 Å². The van der Waals surface area contributed by atoms with Crippen molar-refractivity contribution in [2.75, 3.05) is 44.0 Å². The Kier molecular flexibility index (Phi) is 6.88. The van der Waals surface area contributed by atoms with Crippen LogP contribution in [-0.2, 0) is 9.59 Å². The number of hydrogen-bond acceptors (Lipinski definition) is 4. The first kappa shape index (κ1) is 20.9. The van der Waals surface area contributed by atoms with E-state index in [1.54, 1.807) is 4.90 Å². The molecule has 6 nitrogen and oxygen atoms in total. The summed E-state index contributed by atoms with van der Waals surface area (Å²) < 4.78 is 5.71. The Bertz CT molecular complexity index is 831. The number of hydrogen-bond donors (Lipinski definition) is 1. The number of nitrogens with zero attached hydrogens (tertiary/aromatic N) is 2. The average Bonchev–Trinajstić information content (AvgIpc) is 3.09. The molecule has 2 aromatic carbocycles. The zero-order valence-corrected chi connectivity index (χ0v) is 17.4. The maximum Gasteiger partial charge on any atom is 0.229 e. The Labute approximate surface area is 172 Å². The highest BCUT2D eigenvalue weighted by molar-refractivity contribution is 6.03. The lowest BCUT2D eigenvalue weighted by molar-refractivity contribution is -0.122. The Morgan fingerprint density at radius 3 is 2.48 bits per heavy atom. The van der Waals surface area contributed by atoms with Crippen molar-refractivity contribution >= 4 is 23.2 Å². The van der Waals surface area contributed by atoms with Crippen LogP contribution in [0.15, 0.2) is 48.5 Å². The highest BCUT2D eigenvalue weighted by Crippen LogP contribution is 2.26. The second-order valence-corrected chi connectivity index (χ2v) is 7.76. The van der Waals surface area contributed by atoms with Gasteiger partial charge in [0.25, 0.3) is 0 Å². The molecule has 1 atom stereocenters. The number of rotatable bonds is 8. The molecule has 0 radical (unpaired) electrons. The number of benzene rings is 2. The summed E-state index contributed by atoms with van der Waals surface area (Å²) in [5, 5.41) is 2.91. The van der Waals surface area contributed by atoms with Gasteiger partial charge in [0.2, 0.25) is 11.8 Å². The van der Waals surface area contributed by atoms with Crippen LogP contribution in [0.5, 0.6) is 5.75 Å². The minimum Gasteiger partial charge on any atom is -0.494 e. The van der Waals surface area contributed by atoms with Crippen LogP contribution in [0.4, 0.5) is 11.4 Å². The molecule has 0 aromatic heterocycles. The third-order valence-electron chi connectivity index (χ3n) is 4.98. The number of carbonyl (C=O) groups is 2. The molecule has 1 heterocycles. The van der Waals surface area contributed by atoms with Gasteiger partial charge in [-0.2, -0.15) is 0 Å². The van der Waals surface area contributed by atoms with Gasteiger partial charge in [-0.25, -0.2) is 0 Å². The van der Waals surface area contributed by atoms with Crippen LogP contribution < -0.4 is 15.0 Å². The number of aryl methyl sites for hydroxylation is 1. The minimum absolute atomic E-state index is 0.0181. The van der Waals surface area contributed by atoms with E-state index in [4.69, 9.17) is 4.74 Å². The normalized spacial score (nSPS) is 16.3. The van der Waals surface area contributed by atoms with E-state index in [0.717, 1.165) is 30.0 Å². The number of anilines is 2. The van der Waals surface area contributed by atoms with E-state index in [1.165, 1.54) is 0 Å². The zero-order valence-electron chi connectivity index (χ0n) is 17.4. The number of ether oxygens (including phenoxy) is 1. The number of nitrogens with one attached hydrogen (secondary N) is 1. The maximum absolute atomic E-state index is 12.6. The molecule has 1 fully saturated rings. The van der Waals surface area contributed by atoms with Gasteiger partial charge in [-0.05, 0) is 63.8 Å². The summed E-state index contributed by atoms with van der Waals surface area (Å²) in [6.45, 7) is 4.05. The van der Waals surface area contributed by atoms with Gasteiger partial charge in [-0.1, -0.05) is 17.7 Å². The number of carbonyl (C=O) groups excluding carboxylic acids is 2. The lowest BCUT2D eigenvalue weighted by atomic mass is 10.1. The maximum atomic E-state index is 12.6. The summed E-state index contributed by atoms with van der Waals surface area (Å²) in [4.78, 5) is 28.8. The van der Waals surface area contributed by atoms with Crippen molar-refractivity contribution in [2.24, 2.45) is 5.92 Å². The van der Waals surface area contributed by atoms with E-state index in [-0.39, 0.29) is 24.2 Å². The Balaban J connectivity index is 1.51. The summed E-state index contributed by atoms with van der Waals surface area (Å²) >= 11 is 0. The molecule has 0 saturated carbocycles. The SMILES string of the molecule is Cc1ccc(N2CC(C(=O)Nc3ccc(OCCCN(C)C)cc3)CC2=O)cc1. The molecule has 154 valence electrons. The van der Waals surface area contributed by atoms with Gasteiger partial charge in [0, 0.05) is 30.9 Å². The average molecular weight is 396 g/mol. The van der Waals surface area contributed by atoms with Crippen molar-refractivity contribution < 1.29 is 14.3 Å². The fourth-order valence-corrected chi connectivity index (χ4v) is 3.31. The second-order valence-electron chi connectivity index (χ2n) is 7.76. The molecule has 1 N–H and O–H groups in total. The standard InChI is InChI=1S/C23H29N3O3/c1-17-5-9-20(10-6-17)26-16-18(15-22(26)27)23(28)24-19-7-11-21(12-8-19)29-14-4-13-25(2)3/h5-12,18H,4,13-16H2,1-3H3,(H,24,28). The quantitative estimate of drug-likeness (QED) is 0.697. The van der Waals surface area contributed by atoms with Crippen LogP contribution in [0.1, 0.15) is 18.4 Å². The van der Waals surface area contributed by atoms with Crippen LogP contribution in [0.2, 0.25) is 0 Å². The molecule has 0 aliphatic carbocycles. The molecule has 29 heavy (non-hydrogen) atoms. The highest BCUT2D eigenvalue weighted by atomic mass is 16.5. The summed E-state index contributed by atoms with van der Waals surface area (Å²) in [7, 11) is 4.07. The summed E-state index contributed by atoms with van der Waals surface area (Å²) in [6.07, 6.45) is 1.19. The molecule has 0 spiro atoms. The molecule has 6 heteroatoms. The van der Waals surface area contributed by atoms with Gasteiger partial charge < -0.3 is 19.9 Å². The molecule has 1 aliphatic rings. The largest absolute Gasteiger partial charge is 0.494 e. The molecule has 0 bridgehead atoms. The number of amides is 2. The molecular weight excluding hydrogens is 366 g/mol. The summed E-state index contributed by atoms with van der Waals surface area (Å²) in [5.74, 6) is 0.275. The predicted octanol–water partition coefficient (Wildman–Crippen LogP) is 3.32. The highest BCUT2D eigenvalue weighted by Gasteiger charge is 2.35. The van der Waals surface area contributed by atoms with E-state index in [2.05, 4.69) is 10.2 Å². The van der Waals surface area contributed by atoms with Crippen LogP contribution in [-0.4, -0.2) is 50.5 Å². The predicted molar refractivity (Wildman–Crippen MR) is 115 cm³/mol. The minimum atomic E-state index is -0.356.